The summed E-state index contributed by atoms with van der Waals surface area (Å²) >= 11 is 0. The van der Waals surface area contributed by atoms with Crippen LogP contribution in [0.5, 0.6) is 0 Å². The lowest BCUT2D eigenvalue weighted by Crippen LogP contribution is -2.18. The molecular formula is C14H26. The van der Waals surface area contributed by atoms with E-state index in [4.69, 9.17) is 6.42 Å². The third-order valence-electron chi connectivity index (χ3n) is 2.84. The first-order valence-corrected chi connectivity index (χ1v) is 5.98. The van der Waals surface area contributed by atoms with Crippen molar-refractivity contribution in [3.8, 4) is 12.3 Å². The van der Waals surface area contributed by atoms with Crippen molar-refractivity contribution in [1.29, 1.82) is 0 Å². The summed E-state index contributed by atoms with van der Waals surface area (Å²) in [5.41, 5.74) is 0.277. The van der Waals surface area contributed by atoms with Gasteiger partial charge in [-0.25, -0.2) is 0 Å². The first-order chi connectivity index (χ1) is 6.52. The standard InChI is InChI=1S/C14H26/c1-6-8-9-10-11-12-13(7-2)14(3,4)5/h2,13H,6,8-12H2,1,3-5H3. The van der Waals surface area contributed by atoms with Gasteiger partial charge < -0.3 is 0 Å². The molecule has 0 aromatic carbocycles. The normalized spacial score (nSPS) is 13.6. The number of terminal acetylenes is 1. The van der Waals surface area contributed by atoms with Crippen LogP contribution in [0.2, 0.25) is 0 Å². The summed E-state index contributed by atoms with van der Waals surface area (Å²) in [6.45, 7) is 8.97. The zero-order valence-electron chi connectivity index (χ0n) is 10.4. The smallest absolute Gasteiger partial charge is 0.0248 e. The van der Waals surface area contributed by atoms with Crippen molar-refractivity contribution in [2.75, 3.05) is 0 Å². The SMILES string of the molecule is C#CC(CCCCCCC)C(C)(C)C. The van der Waals surface area contributed by atoms with Crippen LogP contribution in [0.25, 0.3) is 0 Å². The Hall–Kier alpha value is -0.440. The summed E-state index contributed by atoms with van der Waals surface area (Å²) in [4.78, 5) is 0. The van der Waals surface area contributed by atoms with Gasteiger partial charge in [-0.05, 0) is 11.8 Å². The molecule has 0 aliphatic carbocycles. The van der Waals surface area contributed by atoms with Crippen LogP contribution in [0.4, 0.5) is 0 Å². The van der Waals surface area contributed by atoms with Crippen molar-refractivity contribution >= 4 is 0 Å². The van der Waals surface area contributed by atoms with Gasteiger partial charge in [-0.2, -0.15) is 0 Å². The van der Waals surface area contributed by atoms with E-state index in [1.807, 2.05) is 0 Å². The van der Waals surface area contributed by atoms with E-state index in [1.54, 1.807) is 0 Å². The van der Waals surface area contributed by atoms with E-state index in [1.165, 1.54) is 38.5 Å². The first-order valence-electron chi connectivity index (χ1n) is 5.98. The maximum atomic E-state index is 5.55. The minimum absolute atomic E-state index is 0.277. The van der Waals surface area contributed by atoms with E-state index in [0.29, 0.717) is 5.92 Å². The molecule has 82 valence electrons. The molecule has 0 bridgehead atoms. The van der Waals surface area contributed by atoms with Gasteiger partial charge in [0.25, 0.3) is 0 Å². The third kappa shape index (κ3) is 6.08. The van der Waals surface area contributed by atoms with E-state index in [2.05, 4.69) is 33.6 Å². The fourth-order valence-electron chi connectivity index (χ4n) is 1.72. The zero-order chi connectivity index (χ0) is 11.0. The summed E-state index contributed by atoms with van der Waals surface area (Å²) in [6, 6.07) is 0. The van der Waals surface area contributed by atoms with E-state index in [-0.39, 0.29) is 5.41 Å². The third-order valence-corrected chi connectivity index (χ3v) is 2.84. The molecule has 0 nitrogen and oxygen atoms in total. The van der Waals surface area contributed by atoms with Crippen LogP contribution in [0.3, 0.4) is 0 Å². The van der Waals surface area contributed by atoms with Crippen molar-refractivity contribution in [3.05, 3.63) is 0 Å². The Morgan fingerprint density at radius 3 is 2.07 bits per heavy atom. The molecule has 0 aliphatic rings. The van der Waals surface area contributed by atoms with Gasteiger partial charge in [0, 0.05) is 5.92 Å². The van der Waals surface area contributed by atoms with Gasteiger partial charge in [0.2, 0.25) is 0 Å². The molecule has 0 amide bonds. The maximum absolute atomic E-state index is 5.55. The lowest BCUT2D eigenvalue weighted by molar-refractivity contribution is 0.281. The first kappa shape index (κ1) is 13.6. The van der Waals surface area contributed by atoms with Crippen molar-refractivity contribution < 1.29 is 0 Å². The Morgan fingerprint density at radius 1 is 1.07 bits per heavy atom. The van der Waals surface area contributed by atoms with Gasteiger partial charge in [-0.15, -0.1) is 12.3 Å². The average molecular weight is 194 g/mol. The molecule has 0 aromatic heterocycles. The van der Waals surface area contributed by atoms with E-state index >= 15 is 0 Å². The monoisotopic (exact) mass is 194 g/mol. The molecule has 0 aromatic rings. The molecule has 14 heavy (non-hydrogen) atoms. The van der Waals surface area contributed by atoms with Gasteiger partial charge in [-0.3, -0.25) is 0 Å². The second-order valence-electron chi connectivity index (χ2n) is 5.29. The molecule has 1 unspecified atom stereocenters. The summed E-state index contributed by atoms with van der Waals surface area (Å²) in [5.74, 6) is 3.38. The highest BCUT2D eigenvalue weighted by Gasteiger charge is 2.21. The molecule has 0 fully saturated rings. The molecule has 1 atom stereocenters. The second kappa shape index (κ2) is 6.93. The molecule has 0 N–H and O–H groups in total. The lowest BCUT2D eigenvalue weighted by atomic mass is 9.78. The average Bonchev–Trinajstić information content (AvgIpc) is 2.09. The summed E-state index contributed by atoms with van der Waals surface area (Å²) in [6.07, 6.45) is 13.5. The molecule has 0 aliphatic heterocycles. The van der Waals surface area contributed by atoms with Crippen LogP contribution in [0.1, 0.15) is 66.2 Å². The van der Waals surface area contributed by atoms with Gasteiger partial charge in [0.15, 0.2) is 0 Å². The van der Waals surface area contributed by atoms with E-state index in [9.17, 15) is 0 Å². The predicted molar refractivity (Wildman–Crippen MR) is 65.2 cm³/mol. The van der Waals surface area contributed by atoms with Crippen LogP contribution < -0.4 is 0 Å². The second-order valence-corrected chi connectivity index (χ2v) is 5.29. The van der Waals surface area contributed by atoms with Crippen LogP contribution in [0, 0.1) is 23.7 Å². The highest BCUT2D eigenvalue weighted by Crippen LogP contribution is 2.29. The van der Waals surface area contributed by atoms with Crippen molar-refractivity contribution in [2.45, 2.75) is 66.2 Å². The van der Waals surface area contributed by atoms with Gasteiger partial charge in [0.1, 0.15) is 0 Å². The largest absolute Gasteiger partial charge is 0.120 e. The van der Waals surface area contributed by atoms with Crippen molar-refractivity contribution in [3.63, 3.8) is 0 Å². The van der Waals surface area contributed by atoms with E-state index in [0.717, 1.165) is 0 Å². The number of unbranched alkanes of at least 4 members (excludes halogenated alkanes) is 4. The molecule has 0 saturated carbocycles. The van der Waals surface area contributed by atoms with Gasteiger partial charge >= 0.3 is 0 Å². The minimum atomic E-state index is 0.277. The van der Waals surface area contributed by atoms with Crippen molar-refractivity contribution in [2.24, 2.45) is 11.3 Å². The Morgan fingerprint density at radius 2 is 1.64 bits per heavy atom. The minimum Gasteiger partial charge on any atom is -0.120 e. The topological polar surface area (TPSA) is 0 Å². The molecule has 0 rings (SSSR count). The number of rotatable bonds is 6. The Labute approximate surface area is 90.5 Å². The lowest BCUT2D eigenvalue weighted by Gasteiger charge is -2.26. The van der Waals surface area contributed by atoms with Gasteiger partial charge in [-0.1, -0.05) is 59.8 Å². The number of hydrogen-bond donors (Lipinski definition) is 0. The van der Waals surface area contributed by atoms with Crippen LogP contribution in [-0.2, 0) is 0 Å². The highest BCUT2D eigenvalue weighted by atomic mass is 14.2. The predicted octanol–water partition coefficient (Wildman–Crippen LogP) is 4.64. The summed E-state index contributed by atoms with van der Waals surface area (Å²) in [7, 11) is 0. The highest BCUT2D eigenvalue weighted by molar-refractivity contribution is 4.98. The zero-order valence-corrected chi connectivity index (χ0v) is 10.4. The Balaban J connectivity index is 3.61. The van der Waals surface area contributed by atoms with Crippen LogP contribution >= 0.6 is 0 Å². The molecule has 0 spiro atoms. The maximum Gasteiger partial charge on any atom is 0.0248 e. The van der Waals surface area contributed by atoms with Crippen LogP contribution in [0.15, 0.2) is 0 Å². The Bertz CT molecular complexity index is 165. The molecule has 0 radical (unpaired) electrons. The van der Waals surface area contributed by atoms with Gasteiger partial charge in [0.05, 0.1) is 0 Å². The number of hydrogen-bond acceptors (Lipinski definition) is 0. The van der Waals surface area contributed by atoms with E-state index < -0.39 is 0 Å². The summed E-state index contributed by atoms with van der Waals surface area (Å²) in [5, 5.41) is 0. The quantitative estimate of drug-likeness (QED) is 0.427. The van der Waals surface area contributed by atoms with Crippen LogP contribution in [-0.4, -0.2) is 0 Å². The molecule has 0 heteroatoms. The fraction of sp³-hybridized carbons (Fsp3) is 0.857. The molecular weight excluding hydrogens is 168 g/mol. The molecule has 0 saturated heterocycles. The van der Waals surface area contributed by atoms with Crippen molar-refractivity contribution in [1.82, 2.24) is 0 Å². The summed E-state index contributed by atoms with van der Waals surface area (Å²) < 4.78 is 0. The Kier molecular flexibility index (Phi) is 6.71. The fourth-order valence-corrected chi connectivity index (χ4v) is 1.72. The molecule has 0 heterocycles.